The molecule has 1 amide bonds. The zero-order valence-corrected chi connectivity index (χ0v) is 13.2. The SMILES string of the molecule is CNCCN(C)C(=O)c1c(-c2ccccc2)noc1C.Cl. The molecular formula is C15H20ClN3O2. The highest BCUT2D eigenvalue weighted by Crippen LogP contribution is 2.25. The molecule has 0 radical (unpaired) electrons. The lowest BCUT2D eigenvalue weighted by molar-refractivity contribution is 0.0796. The number of carbonyl (C=O) groups excluding carboxylic acids is 1. The molecule has 1 heterocycles. The number of aryl methyl sites for hydroxylation is 1. The zero-order valence-electron chi connectivity index (χ0n) is 12.4. The molecule has 0 aliphatic heterocycles. The Hall–Kier alpha value is -1.85. The van der Waals surface area contributed by atoms with Crippen molar-refractivity contribution in [1.29, 1.82) is 0 Å². The highest BCUT2D eigenvalue weighted by Gasteiger charge is 2.23. The van der Waals surface area contributed by atoms with Crippen molar-refractivity contribution in [3.05, 3.63) is 41.7 Å². The molecule has 21 heavy (non-hydrogen) atoms. The van der Waals surface area contributed by atoms with E-state index in [0.29, 0.717) is 23.6 Å². The Balaban J connectivity index is 0.00000220. The van der Waals surface area contributed by atoms with Crippen LogP contribution < -0.4 is 5.32 Å². The Morgan fingerprint density at radius 3 is 2.62 bits per heavy atom. The Kier molecular flexibility index (Phi) is 6.39. The fraction of sp³-hybridized carbons (Fsp3) is 0.333. The molecule has 0 atom stereocenters. The lowest BCUT2D eigenvalue weighted by Crippen LogP contribution is -2.33. The van der Waals surface area contributed by atoms with E-state index in [-0.39, 0.29) is 18.3 Å². The Morgan fingerprint density at radius 1 is 1.33 bits per heavy atom. The summed E-state index contributed by atoms with van der Waals surface area (Å²) in [5, 5.41) is 7.06. The summed E-state index contributed by atoms with van der Waals surface area (Å²) in [6.45, 7) is 3.14. The third-order valence-electron chi connectivity index (χ3n) is 3.17. The normalized spacial score (nSPS) is 10.0. The zero-order chi connectivity index (χ0) is 14.5. The molecule has 0 bridgehead atoms. The van der Waals surface area contributed by atoms with Gasteiger partial charge in [-0.1, -0.05) is 35.5 Å². The molecule has 0 saturated heterocycles. The van der Waals surface area contributed by atoms with Gasteiger partial charge in [-0.25, -0.2) is 0 Å². The van der Waals surface area contributed by atoms with Gasteiger partial charge in [0.05, 0.1) is 0 Å². The minimum Gasteiger partial charge on any atom is -0.360 e. The van der Waals surface area contributed by atoms with E-state index in [2.05, 4.69) is 10.5 Å². The molecule has 114 valence electrons. The molecule has 0 aliphatic carbocycles. The van der Waals surface area contributed by atoms with Crippen LogP contribution in [0.5, 0.6) is 0 Å². The van der Waals surface area contributed by atoms with E-state index >= 15 is 0 Å². The molecule has 2 aromatic rings. The Bertz CT molecular complexity index is 584. The van der Waals surface area contributed by atoms with Crippen molar-refractivity contribution >= 4 is 18.3 Å². The maximum Gasteiger partial charge on any atom is 0.259 e. The molecule has 0 aliphatic rings. The largest absolute Gasteiger partial charge is 0.360 e. The minimum atomic E-state index is -0.0714. The highest BCUT2D eigenvalue weighted by atomic mass is 35.5. The van der Waals surface area contributed by atoms with Crippen LogP contribution in [0, 0.1) is 6.92 Å². The summed E-state index contributed by atoms with van der Waals surface area (Å²) in [6.07, 6.45) is 0. The molecule has 1 aromatic carbocycles. The predicted octanol–water partition coefficient (Wildman–Crippen LogP) is 2.36. The number of amides is 1. The summed E-state index contributed by atoms with van der Waals surface area (Å²) in [5.74, 6) is 0.475. The average molecular weight is 310 g/mol. The maximum atomic E-state index is 12.5. The van der Waals surface area contributed by atoms with E-state index in [9.17, 15) is 4.79 Å². The lowest BCUT2D eigenvalue weighted by Gasteiger charge is -2.16. The van der Waals surface area contributed by atoms with Gasteiger partial charge in [0.15, 0.2) is 0 Å². The number of hydrogen-bond acceptors (Lipinski definition) is 4. The number of rotatable bonds is 5. The minimum absolute atomic E-state index is 0. The first kappa shape index (κ1) is 17.2. The molecule has 2 rings (SSSR count). The van der Waals surface area contributed by atoms with E-state index in [1.54, 1.807) is 18.9 Å². The molecule has 0 spiro atoms. The van der Waals surface area contributed by atoms with Crippen LogP contribution in [0.4, 0.5) is 0 Å². The molecular weight excluding hydrogens is 290 g/mol. The summed E-state index contributed by atoms with van der Waals surface area (Å²) in [5.41, 5.74) is 2.02. The first-order valence-corrected chi connectivity index (χ1v) is 6.57. The van der Waals surface area contributed by atoms with Crippen molar-refractivity contribution < 1.29 is 9.32 Å². The molecule has 0 saturated carbocycles. The third kappa shape index (κ3) is 3.83. The topological polar surface area (TPSA) is 58.4 Å². The molecule has 1 aromatic heterocycles. The van der Waals surface area contributed by atoms with E-state index in [1.165, 1.54) is 0 Å². The first-order chi connectivity index (χ1) is 9.65. The second kappa shape index (κ2) is 7.81. The molecule has 0 fully saturated rings. The van der Waals surface area contributed by atoms with Gasteiger partial charge in [0.1, 0.15) is 17.0 Å². The van der Waals surface area contributed by atoms with Gasteiger partial charge >= 0.3 is 0 Å². The van der Waals surface area contributed by atoms with Gasteiger partial charge in [-0.3, -0.25) is 4.79 Å². The van der Waals surface area contributed by atoms with Crippen LogP contribution in [-0.4, -0.2) is 43.1 Å². The fourth-order valence-electron chi connectivity index (χ4n) is 1.99. The molecule has 6 heteroatoms. The van der Waals surface area contributed by atoms with Gasteiger partial charge in [-0.05, 0) is 14.0 Å². The van der Waals surface area contributed by atoms with Crippen molar-refractivity contribution in [2.75, 3.05) is 27.2 Å². The van der Waals surface area contributed by atoms with Crippen LogP contribution in [0.1, 0.15) is 16.1 Å². The maximum absolute atomic E-state index is 12.5. The smallest absolute Gasteiger partial charge is 0.259 e. The van der Waals surface area contributed by atoms with Gasteiger partial charge in [-0.15, -0.1) is 12.4 Å². The first-order valence-electron chi connectivity index (χ1n) is 6.57. The molecule has 1 N–H and O–H groups in total. The summed E-state index contributed by atoms with van der Waals surface area (Å²) < 4.78 is 5.21. The Labute approximate surface area is 130 Å². The van der Waals surface area contributed by atoms with Gasteiger partial charge in [0.2, 0.25) is 0 Å². The quantitative estimate of drug-likeness (QED) is 0.921. The Morgan fingerprint density at radius 2 is 2.00 bits per heavy atom. The van der Waals surface area contributed by atoms with E-state index in [4.69, 9.17) is 4.52 Å². The van der Waals surface area contributed by atoms with Crippen LogP contribution in [0.15, 0.2) is 34.9 Å². The summed E-state index contributed by atoms with van der Waals surface area (Å²) in [7, 11) is 3.64. The highest BCUT2D eigenvalue weighted by molar-refractivity contribution is 6.00. The number of carbonyl (C=O) groups is 1. The van der Waals surface area contributed by atoms with Crippen LogP contribution in [0.2, 0.25) is 0 Å². The number of nitrogens with one attached hydrogen (secondary N) is 1. The van der Waals surface area contributed by atoms with Gasteiger partial charge in [-0.2, -0.15) is 0 Å². The molecule has 5 nitrogen and oxygen atoms in total. The molecule has 0 unspecified atom stereocenters. The van der Waals surface area contributed by atoms with Crippen molar-refractivity contribution in [2.45, 2.75) is 6.92 Å². The van der Waals surface area contributed by atoms with E-state index < -0.39 is 0 Å². The average Bonchev–Trinajstić information content (AvgIpc) is 2.86. The lowest BCUT2D eigenvalue weighted by atomic mass is 10.1. The monoisotopic (exact) mass is 309 g/mol. The fourth-order valence-corrected chi connectivity index (χ4v) is 1.99. The summed E-state index contributed by atoms with van der Waals surface area (Å²) in [4.78, 5) is 14.2. The second-order valence-corrected chi connectivity index (χ2v) is 4.66. The van der Waals surface area contributed by atoms with Gasteiger partial charge in [0, 0.05) is 25.7 Å². The van der Waals surface area contributed by atoms with Gasteiger partial charge in [0.25, 0.3) is 5.91 Å². The van der Waals surface area contributed by atoms with Crippen molar-refractivity contribution in [3.8, 4) is 11.3 Å². The van der Waals surface area contributed by atoms with Crippen LogP contribution >= 0.6 is 12.4 Å². The van der Waals surface area contributed by atoms with Crippen molar-refractivity contribution in [1.82, 2.24) is 15.4 Å². The van der Waals surface area contributed by atoms with E-state index in [1.807, 2.05) is 37.4 Å². The van der Waals surface area contributed by atoms with Gasteiger partial charge < -0.3 is 14.7 Å². The van der Waals surface area contributed by atoms with Crippen LogP contribution in [0.25, 0.3) is 11.3 Å². The number of benzene rings is 1. The summed E-state index contributed by atoms with van der Waals surface area (Å²) >= 11 is 0. The predicted molar refractivity (Wildman–Crippen MR) is 84.8 cm³/mol. The van der Waals surface area contributed by atoms with Crippen LogP contribution in [0.3, 0.4) is 0 Å². The van der Waals surface area contributed by atoms with Crippen LogP contribution in [-0.2, 0) is 0 Å². The standard InChI is InChI=1S/C15H19N3O2.ClH/c1-11-13(15(19)18(3)10-9-16-2)14(17-20-11)12-7-5-4-6-8-12;/h4-8,16H,9-10H2,1-3H3;1H. The number of halogens is 1. The third-order valence-corrected chi connectivity index (χ3v) is 3.17. The number of likely N-dealkylation sites (N-methyl/N-ethyl adjacent to an activating group) is 2. The number of aromatic nitrogens is 1. The number of hydrogen-bond donors (Lipinski definition) is 1. The second-order valence-electron chi connectivity index (χ2n) is 4.66. The summed E-state index contributed by atoms with van der Waals surface area (Å²) in [6, 6.07) is 9.59. The number of nitrogens with zero attached hydrogens (tertiary/aromatic N) is 2. The van der Waals surface area contributed by atoms with Crippen molar-refractivity contribution in [3.63, 3.8) is 0 Å². The van der Waals surface area contributed by atoms with Crippen molar-refractivity contribution in [2.24, 2.45) is 0 Å². The van der Waals surface area contributed by atoms with E-state index in [0.717, 1.165) is 12.1 Å².